The maximum absolute atomic E-state index is 10.8. The molecule has 74 valence electrons. The summed E-state index contributed by atoms with van der Waals surface area (Å²) in [6, 6.07) is 7.92. The second-order valence-corrected chi connectivity index (χ2v) is 3.72. The van der Waals surface area contributed by atoms with E-state index in [2.05, 4.69) is 23.5 Å². The standard InChI is InChI=1S/C12H10N2O/c15-13-14-11-7-3-1-5-9(11)10-6-2-4-8-12(10)14/h1-5,7H,6,8H2. The molecule has 1 aromatic carbocycles. The Balaban J connectivity index is 2.44. The van der Waals surface area contributed by atoms with Crippen LogP contribution >= 0.6 is 0 Å². The maximum Gasteiger partial charge on any atom is 0.0757 e. The van der Waals surface area contributed by atoms with Gasteiger partial charge >= 0.3 is 0 Å². The molecule has 0 saturated carbocycles. The van der Waals surface area contributed by atoms with Crippen LogP contribution in [-0.2, 0) is 12.8 Å². The van der Waals surface area contributed by atoms with Crippen LogP contribution < -0.4 is 0 Å². The molecule has 1 aromatic heterocycles. The first-order chi connectivity index (χ1) is 7.42. The number of nitroso groups, excluding NO2 is 1. The minimum Gasteiger partial charge on any atom is -0.200 e. The summed E-state index contributed by atoms with van der Waals surface area (Å²) in [6.07, 6.45) is 5.93. The Morgan fingerprint density at radius 3 is 2.80 bits per heavy atom. The molecular weight excluding hydrogens is 188 g/mol. The molecule has 3 nitrogen and oxygen atoms in total. The largest absolute Gasteiger partial charge is 0.200 e. The molecule has 0 amide bonds. The van der Waals surface area contributed by atoms with E-state index >= 15 is 0 Å². The molecule has 0 unspecified atom stereocenters. The van der Waals surface area contributed by atoms with Gasteiger partial charge < -0.3 is 0 Å². The lowest BCUT2D eigenvalue weighted by Gasteiger charge is -2.05. The Bertz CT molecular complexity index is 566. The molecule has 15 heavy (non-hydrogen) atoms. The van der Waals surface area contributed by atoms with Gasteiger partial charge in [0.05, 0.1) is 16.5 Å². The van der Waals surface area contributed by atoms with Crippen LogP contribution in [0.25, 0.3) is 10.9 Å². The number of nitrogens with zero attached hydrogens (tertiary/aromatic N) is 2. The summed E-state index contributed by atoms with van der Waals surface area (Å²) in [6.45, 7) is 0. The van der Waals surface area contributed by atoms with Crippen LogP contribution in [0.2, 0.25) is 0 Å². The van der Waals surface area contributed by atoms with Crippen LogP contribution in [0.3, 0.4) is 0 Å². The van der Waals surface area contributed by atoms with E-state index in [0.29, 0.717) is 0 Å². The summed E-state index contributed by atoms with van der Waals surface area (Å²) in [5.41, 5.74) is 3.20. The predicted octanol–water partition coefficient (Wildman–Crippen LogP) is 2.83. The zero-order valence-electron chi connectivity index (χ0n) is 8.18. The van der Waals surface area contributed by atoms with Crippen LogP contribution in [0.5, 0.6) is 0 Å². The second-order valence-electron chi connectivity index (χ2n) is 3.72. The van der Waals surface area contributed by atoms with Crippen LogP contribution in [-0.4, -0.2) is 4.68 Å². The number of para-hydroxylation sites is 1. The fourth-order valence-electron chi connectivity index (χ4n) is 2.27. The van der Waals surface area contributed by atoms with E-state index in [9.17, 15) is 4.91 Å². The van der Waals surface area contributed by atoms with E-state index in [0.717, 1.165) is 29.4 Å². The topological polar surface area (TPSA) is 34.4 Å². The van der Waals surface area contributed by atoms with Crippen molar-refractivity contribution in [3.8, 4) is 0 Å². The molecule has 0 N–H and O–H groups in total. The fraction of sp³-hybridized carbons (Fsp3) is 0.167. The third-order valence-electron chi connectivity index (χ3n) is 2.94. The lowest BCUT2D eigenvalue weighted by Crippen LogP contribution is -2.00. The van der Waals surface area contributed by atoms with Gasteiger partial charge in [-0.1, -0.05) is 30.4 Å². The van der Waals surface area contributed by atoms with Gasteiger partial charge in [-0.05, 0) is 18.1 Å². The average molecular weight is 198 g/mol. The van der Waals surface area contributed by atoms with Crippen LogP contribution in [0, 0.1) is 4.91 Å². The van der Waals surface area contributed by atoms with E-state index in [4.69, 9.17) is 0 Å². The Kier molecular flexibility index (Phi) is 1.71. The Labute approximate surface area is 87.0 Å². The molecule has 0 spiro atoms. The first-order valence-electron chi connectivity index (χ1n) is 5.01. The molecule has 0 bridgehead atoms. The van der Waals surface area contributed by atoms with Crippen LogP contribution in [0.4, 0.5) is 0 Å². The van der Waals surface area contributed by atoms with Crippen molar-refractivity contribution >= 4 is 10.9 Å². The number of aromatic nitrogens is 1. The highest BCUT2D eigenvalue weighted by Crippen LogP contribution is 2.29. The predicted molar refractivity (Wildman–Crippen MR) is 59.7 cm³/mol. The van der Waals surface area contributed by atoms with Gasteiger partial charge in [-0.25, -0.2) is 4.68 Å². The van der Waals surface area contributed by atoms with Gasteiger partial charge in [0.25, 0.3) is 0 Å². The van der Waals surface area contributed by atoms with Gasteiger partial charge in [0, 0.05) is 11.8 Å². The number of benzene rings is 1. The third kappa shape index (κ3) is 1.06. The molecule has 3 heteroatoms. The molecule has 0 radical (unpaired) electrons. The molecule has 1 heterocycles. The van der Waals surface area contributed by atoms with E-state index in [-0.39, 0.29) is 0 Å². The smallest absolute Gasteiger partial charge is 0.0757 e. The highest BCUT2D eigenvalue weighted by atomic mass is 16.3. The quantitative estimate of drug-likeness (QED) is 0.512. The molecule has 2 aromatic rings. The minimum atomic E-state index is 0.801. The van der Waals surface area contributed by atoms with Crippen molar-refractivity contribution in [2.45, 2.75) is 12.8 Å². The highest BCUT2D eigenvalue weighted by Gasteiger charge is 2.17. The Morgan fingerprint density at radius 1 is 1.13 bits per heavy atom. The number of hydrogen-bond donors (Lipinski definition) is 0. The van der Waals surface area contributed by atoms with E-state index in [1.165, 1.54) is 10.2 Å². The fourth-order valence-corrected chi connectivity index (χ4v) is 2.27. The summed E-state index contributed by atoms with van der Waals surface area (Å²) in [5.74, 6) is 0. The Hall–Kier alpha value is -1.90. The third-order valence-corrected chi connectivity index (χ3v) is 2.94. The Morgan fingerprint density at radius 2 is 1.93 bits per heavy atom. The summed E-state index contributed by atoms with van der Waals surface area (Å²) < 4.78 is 1.52. The summed E-state index contributed by atoms with van der Waals surface area (Å²) in [5, 5.41) is 4.25. The molecule has 3 rings (SSSR count). The van der Waals surface area contributed by atoms with Crippen molar-refractivity contribution < 1.29 is 0 Å². The lowest BCUT2D eigenvalue weighted by molar-refractivity contribution is 0.829. The SMILES string of the molecule is O=Nn1c2c(c3ccccc31)CC=CC2. The van der Waals surface area contributed by atoms with Crippen LogP contribution in [0.15, 0.2) is 41.7 Å². The molecule has 1 aliphatic carbocycles. The van der Waals surface area contributed by atoms with Gasteiger partial charge in [0.15, 0.2) is 0 Å². The number of hydrogen-bond acceptors (Lipinski definition) is 2. The number of allylic oxidation sites excluding steroid dienone is 2. The zero-order valence-corrected chi connectivity index (χ0v) is 8.18. The lowest BCUT2D eigenvalue weighted by atomic mass is 10.0. The van der Waals surface area contributed by atoms with E-state index in [1.807, 2.05) is 18.2 Å². The molecule has 1 aliphatic rings. The minimum absolute atomic E-state index is 0.801. The monoisotopic (exact) mass is 198 g/mol. The summed E-state index contributed by atoms with van der Waals surface area (Å²) in [4.78, 5) is 10.8. The van der Waals surface area contributed by atoms with E-state index in [1.54, 1.807) is 0 Å². The molecule has 0 fully saturated rings. The van der Waals surface area contributed by atoms with Gasteiger partial charge in [0.2, 0.25) is 0 Å². The molecule has 0 atom stereocenters. The highest BCUT2D eigenvalue weighted by molar-refractivity contribution is 5.86. The second kappa shape index (κ2) is 3.05. The first-order valence-corrected chi connectivity index (χ1v) is 5.01. The molecule has 0 saturated heterocycles. The first kappa shape index (κ1) is 8.41. The van der Waals surface area contributed by atoms with Gasteiger partial charge in [-0.2, -0.15) is 0 Å². The normalized spacial score (nSPS) is 14.1. The molecular formula is C12H10N2O. The van der Waals surface area contributed by atoms with E-state index < -0.39 is 0 Å². The van der Waals surface area contributed by atoms with Crippen LogP contribution in [0.1, 0.15) is 11.3 Å². The van der Waals surface area contributed by atoms with Gasteiger partial charge in [-0.3, -0.25) is 0 Å². The van der Waals surface area contributed by atoms with Crippen molar-refractivity contribution in [2.24, 2.45) is 5.29 Å². The van der Waals surface area contributed by atoms with Crippen molar-refractivity contribution in [1.82, 2.24) is 4.68 Å². The number of fused-ring (bicyclic) bond motifs is 3. The average Bonchev–Trinajstić information content (AvgIpc) is 2.63. The maximum atomic E-state index is 10.8. The van der Waals surface area contributed by atoms with Crippen molar-refractivity contribution in [1.29, 1.82) is 0 Å². The number of rotatable bonds is 1. The molecule has 0 aliphatic heterocycles. The summed E-state index contributed by atoms with van der Waals surface area (Å²) in [7, 11) is 0. The zero-order chi connectivity index (χ0) is 10.3. The van der Waals surface area contributed by atoms with Crippen molar-refractivity contribution in [3.05, 3.63) is 52.6 Å². The van der Waals surface area contributed by atoms with Crippen molar-refractivity contribution in [2.75, 3.05) is 0 Å². The summed E-state index contributed by atoms with van der Waals surface area (Å²) >= 11 is 0. The van der Waals surface area contributed by atoms with Gasteiger partial charge in [-0.15, -0.1) is 4.91 Å². The van der Waals surface area contributed by atoms with Gasteiger partial charge in [0.1, 0.15) is 0 Å². The van der Waals surface area contributed by atoms with Crippen molar-refractivity contribution in [3.63, 3.8) is 0 Å².